The van der Waals surface area contributed by atoms with Crippen molar-refractivity contribution in [1.82, 2.24) is 5.32 Å². The summed E-state index contributed by atoms with van der Waals surface area (Å²) in [5.74, 6) is -0.838. The maximum Gasteiger partial charge on any atom is 0.330 e. The monoisotopic (exact) mass is 249 g/mol. The van der Waals surface area contributed by atoms with Crippen molar-refractivity contribution in [1.29, 1.82) is 0 Å². The maximum atomic E-state index is 11.7. The van der Waals surface area contributed by atoms with Crippen LogP contribution in [0.5, 0.6) is 0 Å². The second-order valence-corrected chi connectivity index (χ2v) is 4.68. The molecular formula is C14H19NO3. The molecule has 1 atom stereocenters. The minimum absolute atomic E-state index is 0.222. The van der Waals surface area contributed by atoms with Gasteiger partial charge in [0.05, 0.1) is 0 Å². The molecule has 0 spiro atoms. The summed E-state index contributed by atoms with van der Waals surface area (Å²) in [5, 5.41) is 11.7. The van der Waals surface area contributed by atoms with Crippen LogP contribution in [0.2, 0.25) is 0 Å². The van der Waals surface area contributed by atoms with Crippen molar-refractivity contribution >= 4 is 11.9 Å². The summed E-state index contributed by atoms with van der Waals surface area (Å²) in [6.07, 6.45) is 1.11. The van der Waals surface area contributed by atoms with E-state index < -0.39 is 12.0 Å². The Morgan fingerprint density at radius 1 is 1.22 bits per heavy atom. The zero-order chi connectivity index (χ0) is 13.5. The average Bonchev–Trinajstić information content (AvgIpc) is 2.34. The number of nitrogens with one attached hydrogen (secondary N) is 1. The van der Waals surface area contributed by atoms with Crippen LogP contribution in [0.3, 0.4) is 0 Å². The minimum atomic E-state index is -1.04. The molecule has 0 bridgehead atoms. The van der Waals surface area contributed by atoms with E-state index in [2.05, 4.69) is 5.32 Å². The predicted octanol–water partition coefficient (Wildman–Crippen LogP) is 2.36. The zero-order valence-corrected chi connectivity index (χ0v) is 10.7. The summed E-state index contributed by atoms with van der Waals surface area (Å²) in [6, 6.07) is 7.74. The van der Waals surface area contributed by atoms with Crippen LogP contribution >= 0.6 is 0 Å². The Labute approximate surface area is 107 Å². The predicted molar refractivity (Wildman–Crippen MR) is 69.0 cm³/mol. The minimum Gasteiger partial charge on any atom is -0.479 e. The first-order valence-corrected chi connectivity index (χ1v) is 6.08. The Hall–Kier alpha value is -1.84. The second-order valence-electron chi connectivity index (χ2n) is 4.68. The van der Waals surface area contributed by atoms with Gasteiger partial charge in [-0.05, 0) is 17.9 Å². The van der Waals surface area contributed by atoms with E-state index in [1.165, 1.54) is 0 Å². The molecule has 4 heteroatoms. The van der Waals surface area contributed by atoms with E-state index in [1.54, 1.807) is 24.3 Å². The van der Waals surface area contributed by atoms with Gasteiger partial charge in [0.1, 0.15) is 0 Å². The number of carbonyl (C=O) groups is 2. The lowest BCUT2D eigenvalue weighted by atomic mass is 10.1. The molecule has 0 aliphatic heterocycles. The van der Waals surface area contributed by atoms with E-state index in [9.17, 15) is 9.59 Å². The lowest BCUT2D eigenvalue weighted by molar-refractivity contribution is -0.142. The molecule has 18 heavy (non-hydrogen) atoms. The number of hydrogen-bond acceptors (Lipinski definition) is 2. The first-order chi connectivity index (χ1) is 8.50. The fraction of sp³-hybridized carbons (Fsp3) is 0.429. The molecule has 0 unspecified atom stereocenters. The molecule has 0 saturated carbocycles. The Morgan fingerprint density at radius 3 is 2.33 bits per heavy atom. The first-order valence-electron chi connectivity index (χ1n) is 6.08. The Balaban J connectivity index is 2.65. The highest BCUT2D eigenvalue weighted by atomic mass is 16.4. The van der Waals surface area contributed by atoms with E-state index >= 15 is 0 Å². The van der Waals surface area contributed by atoms with Crippen LogP contribution < -0.4 is 5.32 Å². The topological polar surface area (TPSA) is 66.4 Å². The molecule has 1 aromatic rings. The van der Waals surface area contributed by atoms with Crippen molar-refractivity contribution < 1.29 is 14.7 Å². The van der Waals surface area contributed by atoms with Gasteiger partial charge in [-0.3, -0.25) is 4.79 Å². The van der Waals surface area contributed by atoms with Crippen molar-refractivity contribution in [2.45, 2.75) is 32.7 Å². The lowest BCUT2D eigenvalue weighted by Gasteiger charge is -2.15. The smallest absolute Gasteiger partial charge is 0.330 e. The Bertz CT molecular complexity index is 401. The average molecular weight is 249 g/mol. The maximum absolute atomic E-state index is 11.7. The molecule has 1 amide bonds. The summed E-state index contributed by atoms with van der Waals surface area (Å²) >= 11 is 0. The highest BCUT2D eigenvalue weighted by Crippen LogP contribution is 2.13. The van der Waals surface area contributed by atoms with Crippen molar-refractivity contribution in [3.8, 4) is 0 Å². The number of hydrogen-bond donors (Lipinski definition) is 2. The van der Waals surface area contributed by atoms with Gasteiger partial charge in [-0.2, -0.15) is 0 Å². The molecule has 0 aliphatic rings. The van der Waals surface area contributed by atoms with Crippen LogP contribution in [0.25, 0.3) is 0 Å². The SMILES string of the molecule is CC(C)CCC(=O)N[C@@H](C(=O)O)c1ccccc1. The molecular weight excluding hydrogens is 230 g/mol. The molecule has 0 aliphatic carbocycles. The van der Waals surface area contributed by atoms with E-state index in [-0.39, 0.29) is 5.91 Å². The van der Waals surface area contributed by atoms with Gasteiger partial charge in [-0.25, -0.2) is 4.79 Å². The molecule has 1 rings (SSSR count). The summed E-state index contributed by atoms with van der Waals surface area (Å²) in [6.45, 7) is 4.05. The van der Waals surface area contributed by atoms with Gasteiger partial charge >= 0.3 is 5.97 Å². The van der Waals surface area contributed by atoms with Crippen LogP contribution in [-0.2, 0) is 9.59 Å². The summed E-state index contributed by atoms with van der Waals surface area (Å²) in [5.41, 5.74) is 0.586. The quantitative estimate of drug-likeness (QED) is 0.813. The van der Waals surface area contributed by atoms with Crippen molar-refractivity contribution in [2.75, 3.05) is 0 Å². The normalized spacial score (nSPS) is 12.2. The molecule has 1 aromatic carbocycles. The molecule has 2 N–H and O–H groups in total. The summed E-state index contributed by atoms with van der Waals surface area (Å²) < 4.78 is 0. The summed E-state index contributed by atoms with van der Waals surface area (Å²) in [7, 11) is 0. The van der Waals surface area contributed by atoms with Crippen LogP contribution in [-0.4, -0.2) is 17.0 Å². The Kier molecular flexibility index (Phi) is 5.36. The number of carboxylic acid groups (broad SMARTS) is 1. The standard InChI is InChI=1S/C14H19NO3/c1-10(2)8-9-12(16)15-13(14(17)18)11-6-4-3-5-7-11/h3-7,10,13H,8-9H2,1-2H3,(H,15,16)(H,17,18)/t13-/m1/s1. The highest BCUT2D eigenvalue weighted by molar-refractivity contribution is 5.84. The Morgan fingerprint density at radius 2 is 1.83 bits per heavy atom. The molecule has 0 saturated heterocycles. The van der Waals surface area contributed by atoms with Gasteiger partial charge in [0, 0.05) is 6.42 Å². The molecule has 98 valence electrons. The highest BCUT2D eigenvalue weighted by Gasteiger charge is 2.21. The summed E-state index contributed by atoms with van der Waals surface area (Å²) in [4.78, 5) is 22.8. The van der Waals surface area contributed by atoms with Gasteiger partial charge in [0.25, 0.3) is 0 Å². The third kappa shape index (κ3) is 4.57. The third-order valence-electron chi connectivity index (χ3n) is 2.63. The number of aliphatic carboxylic acids is 1. The fourth-order valence-corrected chi connectivity index (χ4v) is 1.59. The number of rotatable bonds is 6. The van der Waals surface area contributed by atoms with E-state index in [0.29, 0.717) is 17.9 Å². The fourth-order valence-electron chi connectivity index (χ4n) is 1.59. The lowest BCUT2D eigenvalue weighted by Crippen LogP contribution is -2.33. The third-order valence-corrected chi connectivity index (χ3v) is 2.63. The molecule has 0 aromatic heterocycles. The first kappa shape index (κ1) is 14.2. The van der Waals surface area contributed by atoms with Crippen LogP contribution in [0, 0.1) is 5.92 Å². The van der Waals surface area contributed by atoms with Gasteiger partial charge in [0.2, 0.25) is 5.91 Å². The molecule has 4 nitrogen and oxygen atoms in total. The van der Waals surface area contributed by atoms with Crippen molar-refractivity contribution in [3.05, 3.63) is 35.9 Å². The van der Waals surface area contributed by atoms with Gasteiger partial charge in [-0.15, -0.1) is 0 Å². The molecule has 0 heterocycles. The van der Waals surface area contributed by atoms with Gasteiger partial charge in [0.15, 0.2) is 6.04 Å². The zero-order valence-electron chi connectivity index (χ0n) is 10.7. The van der Waals surface area contributed by atoms with Crippen molar-refractivity contribution in [3.63, 3.8) is 0 Å². The number of carbonyl (C=O) groups excluding carboxylic acids is 1. The van der Waals surface area contributed by atoms with Crippen molar-refractivity contribution in [2.24, 2.45) is 5.92 Å². The van der Waals surface area contributed by atoms with E-state index in [0.717, 1.165) is 6.42 Å². The molecule has 0 fully saturated rings. The van der Waals surface area contributed by atoms with Crippen LogP contribution in [0.4, 0.5) is 0 Å². The second kappa shape index (κ2) is 6.79. The largest absolute Gasteiger partial charge is 0.479 e. The number of carboxylic acids is 1. The van der Waals surface area contributed by atoms with Gasteiger partial charge in [-0.1, -0.05) is 44.2 Å². The number of amides is 1. The molecule has 0 radical (unpaired) electrons. The van der Waals surface area contributed by atoms with E-state index in [4.69, 9.17) is 5.11 Å². The van der Waals surface area contributed by atoms with Crippen LogP contribution in [0.15, 0.2) is 30.3 Å². The van der Waals surface area contributed by atoms with E-state index in [1.807, 2.05) is 19.9 Å². The number of benzene rings is 1. The van der Waals surface area contributed by atoms with Gasteiger partial charge < -0.3 is 10.4 Å². The van der Waals surface area contributed by atoms with Crippen LogP contribution in [0.1, 0.15) is 38.3 Å².